The molecule has 4 heteroatoms. The molecule has 20 heavy (non-hydrogen) atoms. The van der Waals surface area contributed by atoms with Gasteiger partial charge in [-0.2, -0.15) is 0 Å². The minimum Gasteiger partial charge on any atom is -0.397 e. The summed E-state index contributed by atoms with van der Waals surface area (Å²) in [4.78, 5) is 14.0. The van der Waals surface area contributed by atoms with Gasteiger partial charge >= 0.3 is 0 Å². The molecule has 0 heterocycles. The summed E-state index contributed by atoms with van der Waals surface area (Å²) in [5.41, 5.74) is 7.54. The molecule has 0 aromatic heterocycles. The molecule has 0 aliphatic heterocycles. The number of amides is 1. The van der Waals surface area contributed by atoms with E-state index in [1.54, 1.807) is 0 Å². The van der Waals surface area contributed by atoms with Crippen molar-refractivity contribution in [2.45, 2.75) is 44.6 Å². The third-order valence-electron chi connectivity index (χ3n) is 3.95. The van der Waals surface area contributed by atoms with E-state index in [2.05, 4.69) is 5.32 Å². The Bertz CT molecular complexity index is 439. The molecule has 0 bridgehead atoms. The number of nitrogens with two attached hydrogens (primary N) is 1. The van der Waals surface area contributed by atoms with Crippen LogP contribution in [0, 0.1) is 0 Å². The highest BCUT2D eigenvalue weighted by atomic mass is 16.2. The van der Waals surface area contributed by atoms with Gasteiger partial charge in [0, 0.05) is 13.1 Å². The van der Waals surface area contributed by atoms with E-state index in [4.69, 9.17) is 5.73 Å². The molecule has 4 nitrogen and oxygen atoms in total. The predicted octanol–water partition coefficient (Wildman–Crippen LogP) is 2.54. The average Bonchev–Trinajstić information content (AvgIpc) is 2.67. The van der Waals surface area contributed by atoms with Gasteiger partial charge in [0.25, 0.3) is 0 Å². The predicted molar refractivity (Wildman–Crippen MR) is 83.8 cm³/mol. The number of benzene rings is 1. The molecule has 110 valence electrons. The Kier molecular flexibility index (Phi) is 5.27. The van der Waals surface area contributed by atoms with Crippen LogP contribution in [0.3, 0.4) is 0 Å². The summed E-state index contributed by atoms with van der Waals surface area (Å²) in [6.07, 6.45) is 7.28. The molecule has 1 aromatic carbocycles. The van der Waals surface area contributed by atoms with Crippen LogP contribution in [0.2, 0.25) is 0 Å². The molecule has 0 saturated heterocycles. The number of anilines is 2. The number of nitrogens with one attached hydrogen (secondary N) is 1. The quantitative estimate of drug-likeness (QED) is 0.656. The van der Waals surface area contributed by atoms with Crippen LogP contribution >= 0.6 is 0 Å². The Morgan fingerprint density at radius 1 is 1.25 bits per heavy atom. The third kappa shape index (κ3) is 4.15. The molecule has 0 radical (unpaired) electrons. The van der Waals surface area contributed by atoms with Crippen molar-refractivity contribution in [3.8, 4) is 0 Å². The fourth-order valence-corrected chi connectivity index (χ4v) is 2.83. The van der Waals surface area contributed by atoms with E-state index in [9.17, 15) is 4.79 Å². The van der Waals surface area contributed by atoms with Crippen molar-refractivity contribution in [3.05, 3.63) is 24.3 Å². The first-order valence-electron chi connectivity index (χ1n) is 7.52. The molecule has 1 amide bonds. The van der Waals surface area contributed by atoms with Gasteiger partial charge in [0.05, 0.1) is 17.9 Å². The van der Waals surface area contributed by atoms with Gasteiger partial charge in [-0.3, -0.25) is 4.79 Å². The third-order valence-corrected chi connectivity index (χ3v) is 3.95. The van der Waals surface area contributed by atoms with Crippen LogP contribution in [-0.4, -0.2) is 25.5 Å². The minimum absolute atomic E-state index is 0.0858. The van der Waals surface area contributed by atoms with Crippen LogP contribution in [0.1, 0.15) is 38.5 Å². The molecule has 1 aliphatic rings. The SMILES string of the molecule is CN(CC(=O)NC1CCCCCC1)c1ccccc1N. The molecule has 0 atom stereocenters. The van der Waals surface area contributed by atoms with Crippen molar-refractivity contribution >= 4 is 17.3 Å². The first-order chi connectivity index (χ1) is 9.66. The molecule has 0 unspecified atom stereocenters. The number of carbonyl (C=O) groups is 1. The smallest absolute Gasteiger partial charge is 0.239 e. The van der Waals surface area contributed by atoms with E-state index < -0.39 is 0 Å². The highest BCUT2D eigenvalue weighted by Crippen LogP contribution is 2.21. The summed E-state index contributed by atoms with van der Waals surface area (Å²) >= 11 is 0. The lowest BCUT2D eigenvalue weighted by atomic mass is 10.1. The maximum atomic E-state index is 12.1. The van der Waals surface area contributed by atoms with Crippen molar-refractivity contribution < 1.29 is 4.79 Å². The summed E-state index contributed by atoms with van der Waals surface area (Å²) in [7, 11) is 1.90. The minimum atomic E-state index is 0.0858. The second-order valence-corrected chi connectivity index (χ2v) is 5.67. The molecule has 3 N–H and O–H groups in total. The highest BCUT2D eigenvalue weighted by molar-refractivity contribution is 5.83. The first kappa shape index (κ1) is 14.7. The zero-order chi connectivity index (χ0) is 14.4. The zero-order valence-corrected chi connectivity index (χ0v) is 12.3. The van der Waals surface area contributed by atoms with Crippen LogP contribution in [0.25, 0.3) is 0 Å². The van der Waals surface area contributed by atoms with E-state index in [-0.39, 0.29) is 5.91 Å². The lowest BCUT2D eigenvalue weighted by Crippen LogP contribution is -2.41. The van der Waals surface area contributed by atoms with Crippen molar-refractivity contribution in [3.63, 3.8) is 0 Å². The molecule has 2 rings (SSSR count). The zero-order valence-electron chi connectivity index (χ0n) is 12.3. The van der Waals surface area contributed by atoms with Crippen molar-refractivity contribution in [1.29, 1.82) is 0 Å². The normalized spacial score (nSPS) is 16.4. The molecule has 1 aliphatic carbocycles. The Hall–Kier alpha value is -1.71. The van der Waals surface area contributed by atoms with Gasteiger partial charge in [-0.05, 0) is 25.0 Å². The topological polar surface area (TPSA) is 58.4 Å². The number of carbonyl (C=O) groups excluding carboxylic acids is 1. The van der Waals surface area contributed by atoms with E-state index in [0.29, 0.717) is 18.3 Å². The molecule has 1 saturated carbocycles. The summed E-state index contributed by atoms with van der Waals surface area (Å²) in [5.74, 6) is 0.0858. The fraction of sp³-hybridized carbons (Fsp3) is 0.562. The Morgan fingerprint density at radius 3 is 2.55 bits per heavy atom. The van der Waals surface area contributed by atoms with Gasteiger partial charge in [-0.15, -0.1) is 0 Å². The molecule has 1 aromatic rings. The largest absolute Gasteiger partial charge is 0.397 e. The van der Waals surface area contributed by atoms with Crippen LogP contribution in [0.4, 0.5) is 11.4 Å². The number of nitrogen functional groups attached to an aromatic ring is 1. The average molecular weight is 275 g/mol. The van der Waals surface area contributed by atoms with Gasteiger partial charge < -0.3 is 16.0 Å². The number of nitrogens with zero attached hydrogens (tertiary/aromatic N) is 1. The van der Waals surface area contributed by atoms with Gasteiger partial charge in [0.15, 0.2) is 0 Å². The van der Waals surface area contributed by atoms with Gasteiger partial charge in [-0.25, -0.2) is 0 Å². The standard InChI is InChI=1S/C16H25N3O/c1-19(15-11-7-6-10-14(15)17)12-16(20)18-13-8-4-2-3-5-9-13/h6-7,10-11,13H,2-5,8-9,12,17H2,1H3,(H,18,20). The van der Waals surface area contributed by atoms with Crippen LogP contribution in [0.15, 0.2) is 24.3 Å². The first-order valence-corrected chi connectivity index (χ1v) is 7.52. The number of para-hydroxylation sites is 2. The number of hydrogen-bond acceptors (Lipinski definition) is 3. The maximum absolute atomic E-state index is 12.1. The lowest BCUT2D eigenvalue weighted by Gasteiger charge is -2.22. The van der Waals surface area contributed by atoms with E-state index in [0.717, 1.165) is 18.5 Å². The van der Waals surface area contributed by atoms with Gasteiger partial charge in [0.1, 0.15) is 0 Å². The summed E-state index contributed by atoms with van der Waals surface area (Å²) in [6, 6.07) is 7.99. The number of likely N-dealkylation sites (N-methyl/N-ethyl adjacent to an activating group) is 1. The monoisotopic (exact) mass is 275 g/mol. The Balaban J connectivity index is 1.86. The van der Waals surface area contributed by atoms with Crippen LogP contribution in [-0.2, 0) is 4.79 Å². The van der Waals surface area contributed by atoms with Gasteiger partial charge in [0.2, 0.25) is 5.91 Å². The van der Waals surface area contributed by atoms with Crippen molar-refractivity contribution in [2.24, 2.45) is 0 Å². The summed E-state index contributed by atoms with van der Waals surface area (Å²) in [6.45, 7) is 0.352. The number of hydrogen-bond donors (Lipinski definition) is 2. The van der Waals surface area contributed by atoms with Crippen LogP contribution < -0.4 is 16.0 Å². The van der Waals surface area contributed by atoms with Crippen molar-refractivity contribution in [1.82, 2.24) is 5.32 Å². The fourth-order valence-electron chi connectivity index (χ4n) is 2.83. The maximum Gasteiger partial charge on any atom is 0.239 e. The second kappa shape index (κ2) is 7.17. The Labute approximate surface area is 121 Å². The Morgan fingerprint density at radius 2 is 1.90 bits per heavy atom. The second-order valence-electron chi connectivity index (χ2n) is 5.67. The molecular formula is C16H25N3O. The summed E-state index contributed by atoms with van der Waals surface area (Å²) in [5, 5.41) is 3.16. The van der Waals surface area contributed by atoms with Crippen LogP contribution in [0.5, 0.6) is 0 Å². The molecular weight excluding hydrogens is 250 g/mol. The lowest BCUT2D eigenvalue weighted by molar-refractivity contribution is -0.120. The van der Waals surface area contributed by atoms with E-state index >= 15 is 0 Å². The highest BCUT2D eigenvalue weighted by Gasteiger charge is 2.16. The van der Waals surface area contributed by atoms with E-state index in [1.165, 1.54) is 25.7 Å². The molecule has 1 fully saturated rings. The van der Waals surface area contributed by atoms with Crippen molar-refractivity contribution in [2.75, 3.05) is 24.2 Å². The van der Waals surface area contributed by atoms with Gasteiger partial charge in [-0.1, -0.05) is 37.8 Å². The number of rotatable bonds is 4. The summed E-state index contributed by atoms with van der Waals surface area (Å²) < 4.78 is 0. The van der Waals surface area contributed by atoms with E-state index in [1.807, 2.05) is 36.2 Å². The molecule has 0 spiro atoms.